The molecule has 120 valence electrons. The van der Waals surface area contributed by atoms with E-state index < -0.39 is 11.6 Å². The number of phenols is 1. The summed E-state index contributed by atoms with van der Waals surface area (Å²) in [6, 6.07) is 1.46. The van der Waals surface area contributed by atoms with Crippen LogP contribution < -0.4 is 5.32 Å². The first-order chi connectivity index (χ1) is 9.13. The summed E-state index contributed by atoms with van der Waals surface area (Å²) in [6.07, 6.45) is 2.20. The third-order valence-corrected chi connectivity index (χ3v) is 3.39. The third kappa shape index (κ3) is 4.81. The number of benzene rings is 1. The van der Waals surface area contributed by atoms with E-state index in [2.05, 4.69) is 16.8 Å². The van der Waals surface area contributed by atoms with Gasteiger partial charge in [0.25, 0.3) is 0 Å². The van der Waals surface area contributed by atoms with Crippen molar-refractivity contribution in [3.63, 3.8) is 0 Å². The summed E-state index contributed by atoms with van der Waals surface area (Å²) in [7, 11) is 0. The maximum absolute atomic E-state index is 14.0. The third-order valence-electron chi connectivity index (χ3n) is 3.39. The zero-order chi connectivity index (χ0) is 13.8. The monoisotopic (exact) mass is 340 g/mol. The average Bonchev–Trinajstić information content (AvgIpc) is 2.37. The molecule has 7 heteroatoms. The van der Waals surface area contributed by atoms with Crippen molar-refractivity contribution in [2.24, 2.45) is 0 Å². The summed E-state index contributed by atoms with van der Waals surface area (Å²) >= 11 is 0. The van der Waals surface area contributed by atoms with Gasteiger partial charge in [0.15, 0.2) is 0 Å². The summed E-state index contributed by atoms with van der Waals surface area (Å²) in [6.45, 7) is 6.83. The van der Waals surface area contributed by atoms with Gasteiger partial charge in [-0.15, -0.1) is 31.4 Å². The molecule has 1 atom stereocenters. The molecule has 1 fully saturated rings. The van der Waals surface area contributed by atoms with E-state index >= 15 is 0 Å². The standard InChI is InChI=1S/C14H18F2N2O.2ClH/c1-2-3-12(18-6-4-17-5-7-18)14-11(16)8-10(15)9-13(14)19;;/h2,8-9,12,17,19H,1,3-7H2;2*1H/t12-;;/m0../s1. The van der Waals surface area contributed by atoms with E-state index in [0.717, 1.165) is 38.3 Å². The molecule has 1 aliphatic rings. The van der Waals surface area contributed by atoms with Crippen molar-refractivity contribution in [3.05, 3.63) is 42.0 Å². The molecule has 2 N–H and O–H groups in total. The van der Waals surface area contributed by atoms with Gasteiger partial charge in [-0.2, -0.15) is 0 Å². The molecule has 1 saturated heterocycles. The van der Waals surface area contributed by atoms with Gasteiger partial charge in [-0.05, 0) is 6.42 Å². The summed E-state index contributed by atoms with van der Waals surface area (Å²) in [5.41, 5.74) is 0.156. The van der Waals surface area contributed by atoms with Crippen LogP contribution in [0.25, 0.3) is 0 Å². The zero-order valence-corrected chi connectivity index (χ0v) is 13.2. The molecule has 1 aliphatic heterocycles. The molecule has 0 spiro atoms. The lowest BCUT2D eigenvalue weighted by Crippen LogP contribution is -2.45. The lowest BCUT2D eigenvalue weighted by Gasteiger charge is -2.35. The molecule has 0 radical (unpaired) electrons. The predicted octanol–water partition coefficient (Wildman–Crippen LogP) is 3.04. The fraction of sp³-hybridized carbons (Fsp3) is 0.429. The highest BCUT2D eigenvalue weighted by Crippen LogP contribution is 2.34. The van der Waals surface area contributed by atoms with Crippen molar-refractivity contribution in [1.82, 2.24) is 10.2 Å². The molecular formula is C14H20Cl2F2N2O. The molecule has 1 heterocycles. The van der Waals surface area contributed by atoms with Crippen LogP contribution in [0, 0.1) is 11.6 Å². The van der Waals surface area contributed by atoms with E-state index in [1.54, 1.807) is 6.08 Å². The summed E-state index contributed by atoms with van der Waals surface area (Å²) < 4.78 is 27.0. The second-order valence-corrected chi connectivity index (χ2v) is 4.65. The molecule has 0 bridgehead atoms. The first kappa shape index (κ1) is 20.1. The quantitative estimate of drug-likeness (QED) is 0.827. The highest BCUT2D eigenvalue weighted by molar-refractivity contribution is 5.85. The Hall–Kier alpha value is -0.880. The number of hydrogen-bond donors (Lipinski definition) is 2. The Kier molecular flexibility index (Phi) is 8.82. The van der Waals surface area contributed by atoms with Gasteiger partial charge in [0.1, 0.15) is 17.4 Å². The topological polar surface area (TPSA) is 35.5 Å². The second-order valence-electron chi connectivity index (χ2n) is 4.65. The second kappa shape index (κ2) is 9.20. The smallest absolute Gasteiger partial charge is 0.134 e. The molecule has 0 aromatic heterocycles. The number of nitrogens with one attached hydrogen (secondary N) is 1. The minimum atomic E-state index is -0.767. The van der Waals surface area contributed by atoms with E-state index in [9.17, 15) is 13.9 Å². The van der Waals surface area contributed by atoms with Crippen LogP contribution in [0.5, 0.6) is 5.75 Å². The van der Waals surface area contributed by atoms with Crippen molar-refractivity contribution in [2.75, 3.05) is 26.2 Å². The zero-order valence-electron chi connectivity index (χ0n) is 11.5. The van der Waals surface area contributed by atoms with Gasteiger partial charge < -0.3 is 10.4 Å². The van der Waals surface area contributed by atoms with Crippen molar-refractivity contribution in [1.29, 1.82) is 0 Å². The molecule has 0 amide bonds. The van der Waals surface area contributed by atoms with Gasteiger partial charge in [-0.3, -0.25) is 4.90 Å². The minimum Gasteiger partial charge on any atom is -0.507 e. The van der Waals surface area contributed by atoms with Gasteiger partial charge in [-0.1, -0.05) is 6.08 Å². The van der Waals surface area contributed by atoms with Gasteiger partial charge in [0, 0.05) is 49.9 Å². The molecule has 0 saturated carbocycles. The molecular weight excluding hydrogens is 321 g/mol. The SMILES string of the molecule is C=CC[C@@H](c1c(O)cc(F)cc1F)N1CCNCC1.Cl.Cl. The number of nitrogens with zero attached hydrogens (tertiary/aromatic N) is 1. The molecule has 1 aromatic rings. The Labute approximate surface area is 135 Å². The Morgan fingerprint density at radius 1 is 1.29 bits per heavy atom. The Bertz CT molecular complexity index is 445. The van der Waals surface area contributed by atoms with E-state index in [1.807, 2.05) is 0 Å². The van der Waals surface area contributed by atoms with Crippen LogP contribution in [0.15, 0.2) is 24.8 Å². The number of aromatic hydroxyl groups is 1. The first-order valence-electron chi connectivity index (χ1n) is 6.37. The van der Waals surface area contributed by atoms with Crippen molar-refractivity contribution < 1.29 is 13.9 Å². The number of piperazine rings is 1. The summed E-state index contributed by atoms with van der Waals surface area (Å²) in [5, 5.41) is 13.1. The normalized spacial score (nSPS) is 16.5. The number of rotatable bonds is 4. The Morgan fingerprint density at radius 3 is 2.43 bits per heavy atom. The molecule has 0 aliphatic carbocycles. The minimum absolute atomic E-state index is 0. The molecule has 0 unspecified atom stereocenters. The lowest BCUT2D eigenvalue weighted by molar-refractivity contribution is 0.168. The van der Waals surface area contributed by atoms with Crippen LogP contribution in [0.2, 0.25) is 0 Å². The number of halogens is 4. The first-order valence-corrected chi connectivity index (χ1v) is 6.37. The average molecular weight is 341 g/mol. The van der Waals surface area contributed by atoms with Crippen molar-refractivity contribution >= 4 is 24.8 Å². The van der Waals surface area contributed by atoms with Crippen molar-refractivity contribution in [2.45, 2.75) is 12.5 Å². The van der Waals surface area contributed by atoms with Crippen LogP contribution in [0.4, 0.5) is 8.78 Å². The van der Waals surface area contributed by atoms with Crippen LogP contribution in [-0.4, -0.2) is 36.2 Å². The molecule has 2 rings (SSSR count). The Morgan fingerprint density at radius 2 is 1.90 bits per heavy atom. The van der Waals surface area contributed by atoms with Crippen molar-refractivity contribution in [3.8, 4) is 5.75 Å². The maximum atomic E-state index is 14.0. The van der Waals surface area contributed by atoms with E-state index in [0.29, 0.717) is 6.42 Å². The van der Waals surface area contributed by atoms with E-state index in [1.165, 1.54) is 0 Å². The molecule has 21 heavy (non-hydrogen) atoms. The number of phenolic OH excluding ortho intramolecular Hbond substituents is 1. The fourth-order valence-corrected chi connectivity index (χ4v) is 2.50. The summed E-state index contributed by atoms with van der Waals surface area (Å²) in [4.78, 5) is 2.08. The van der Waals surface area contributed by atoms with Crippen LogP contribution in [-0.2, 0) is 0 Å². The molecule has 3 nitrogen and oxygen atoms in total. The Balaban J connectivity index is 0.00000200. The van der Waals surface area contributed by atoms with E-state index in [4.69, 9.17) is 0 Å². The predicted molar refractivity (Wildman–Crippen MR) is 84.5 cm³/mol. The maximum Gasteiger partial charge on any atom is 0.134 e. The van der Waals surface area contributed by atoms with Gasteiger partial charge >= 0.3 is 0 Å². The largest absolute Gasteiger partial charge is 0.507 e. The molecule has 1 aromatic carbocycles. The highest BCUT2D eigenvalue weighted by atomic mass is 35.5. The highest BCUT2D eigenvalue weighted by Gasteiger charge is 2.26. The van der Waals surface area contributed by atoms with E-state index in [-0.39, 0.29) is 42.2 Å². The fourth-order valence-electron chi connectivity index (χ4n) is 2.50. The van der Waals surface area contributed by atoms with Gasteiger partial charge in [-0.25, -0.2) is 8.78 Å². The summed E-state index contributed by atoms with van der Waals surface area (Å²) in [5.74, 6) is -1.80. The van der Waals surface area contributed by atoms with Gasteiger partial charge in [0.05, 0.1) is 0 Å². The van der Waals surface area contributed by atoms with Crippen LogP contribution >= 0.6 is 24.8 Å². The number of hydrogen-bond acceptors (Lipinski definition) is 3. The lowest BCUT2D eigenvalue weighted by atomic mass is 9.99. The van der Waals surface area contributed by atoms with Gasteiger partial charge in [0.2, 0.25) is 0 Å². The van der Waals surface area contributed by atoms with Crippen LogP contribution in [0.1, 0.15) is 18.0 Å². The van der Waals surface area contributed by atoms with Crippen LogP contribution in [0.3, 0.4) is 0 Å².